The van der Waals surface area contributed by atoms with E-state index < -0.39 is 23.2 Å². The molecule has 0 aliphatic carbocycles. The van der Waals surface area contributed by atoms with Gasteiger partial charge in [0.2, 0.25) is 0 Å². The highest BCUT2D eigenvalue weighted by Gasteiger charge is 2.17. The maximum Gasteiger partial charge on any atom is 0.326 e. The molecule has 0 bridgehead atoms. The van der Waals surface area contributed by atoms with E-state index in [-0.39, 0.29) is 23.0 Å². The SMILES string of the molecule is C[C@H](COc1ccc(C#N)cc1Cl)NC(=O)c1[nH]c(=O)[nH]c(=O)c1N. The van der Waals surface area contributed by atoms with Gasteiger partial charge in [0.15, 0.2) is 0 Å². The fourth-order valence-electron chi connectivity index (χ4n) is 1.92. The number of amides is 1. The van der Waals surface area contributed by atoms with E-state index in [2.05, 4.69) is 10.3 Å². The lowest BCUT2D eigenvalue weighted by Gasteiger charge is -2.16. The van der Waals surface area contributed by atoms with E-state index in [9.17, 15) is 14.4 Å². The van der Waals surface area contributed by atoms with Crippen LogP contribution in [-0.2, 0) is 0 Å². The number of halogens is 1. The number of carbonyl (C=O) groups is 1. The first-order chi connectivity index (χ1) is 11.8. The van der Waals surface area contributed by atoms with E-state index in [0.29, 0.717) is 11.3 Å². The van der Waals surface area contributed by atoms with Gasteiger partial charge in [-0.2, -0.15) is 5.26 Å². The molecule has 0 aliphatic heterocycles. The summed E-state index contributed by atoms with van der Waals surface area (Å²) in [6, 6.07) is 6.02. The van der Waals surface area contributed by atoms with Crippen LogP contribution in [0.3, 0.4) is 0 Å². The number of hydrogen-bond acceptors (Lipinski definition) is 6. The number of nitrogens with one attached hydrogen (secondary N) is 3. The highest BCUT2D eigenvalue weighted by atomic mass is 35.5. The fourth-order valence-corrected chi connectivity index (χ4v) is 2.15. The molecule has 0 spiro atoms. The number of ether oxygens (including phenoxy) is 1. The monoisotopic (exact) mass is 363 g/mol. The molecule has 1 aromatic heterocycles. The Morgan fingerprint density at radius 3 is 2.80 bits per heavy atom. The minimum atomic E-state index is -0.845. The van der Waals surface area contributed by atoms with Crippen molar-refractivity contribution < 1.29 is 9.53 Å². The molecular weight excluding hydrogens is 350 g/mol. The molecule has 2 rings (SSSR count). The average molecular weight is 364 g/mol. The van der Waals surface area contributed by atoms with Crippen LogP contribution in [0.15, 0.2) is 27.8 Å². The number of nitriles is 1. The summed E-state index contributed by atoms with van der Waals surface area (Å²) < 4.78 is 5.49. The molecule has 1 aromatic carbocycles. The molecule has 0 aliphatic rings. The smallest absolute Gasteiger partial charge is 0.326 e. The Morgan fingerprint density at radius 1 is 1.44 bits per heavy atom. The number of aromatic amines is 2. The zero-order valence-corrected chi connectivity index (χ0v) is 13.8. The lowest BCUT2D eigenvalue weighted by molar-refractivity contribution is 0.0922. The minimum absolute atomic E-state index is 0.0602. The van der Waals surface area contributed by atoms with Crippen molar-refractivity contribution in [1.29, 1.82) is 5.26 Å². The second-order valence-corrected chi connectivity index (χ2v) is 5.55. The Bertz CT molecular complexity index is 960. The van der Waals surface area contributed by atoms with E-state index in [4.69, 9.17) is 27.3 Å². The highest BCUT2D eigenvalue weighted by Crippen LogP contribution is 2.25. The van der Waals surface area contributed by atoms with Crippen molar-refractivity contribution in [1.82, 2.24) is 15.3 Å². The van der Waals surface area contributed by atoms with Crippen LogP contribution < -0.4 is 27.0 Å². The van der Waals surface area contributed by atoms with Crippen LogP contribution in [0.2, 0.25) is 5.02 Å². The molecule has 0 fully saturated rings. The molecule has 25 heavy (non-hydrogen) atoms. The minimum Gasteiger partial charge on any atom is -0.490 e. The Morgan fingerprint density at radius 2 is 2.16 bits per heavy atom. The highest BCUT2D eigenvalue weighted by molar-refractivity contribution is 6.32. The molecule has 130 valence electrons. The summed E-state index contributed by atoms with van der Waals surface area (Å²) in [5, 5.41) is 11.6. The van der Waals surface area contributed by atoms with Gasteiger partial charge in [0.25, 0.3) is 11.5 Å². The number of nitrogens with two attached hydrogens (primary N) is 1. The Labute approximate surface area is 146 Å². The first kappa shape index (κ1) is 18.1. The molecule has 1 atom stereocenters. The van der Waals surface area contributed by atoms with Crippen molar-refractivity contribution in [2.24, 2.45) is 0 Å². The van der Waals surface area contributed by atoms with E-state index in [1.807, 2.05) is 11.1 Å². The third-order valence-electron chi connectivity index (χ3n) is 3.13. The molecule has 0 saturated carbocycles. The number of carbonyl (C=O) groups excluding carboxylic acids is 1. The number of nitrogen functional groups attached to an aromatic ring is 1. The van der Waals surface area contributed by atoms with Gasteiger partial charge >= 0.3 is 5.69 Å². The third-order valence-corrected chi connectivity index (χ3v) is 3.43. The van der Waals surface area contributed by atoms with Gasteiger partial charge in [0.1, 0.15) is 23.7 Å². The first-order valence-electron chi connectivity index (χ1n) is 7.07. The number of nitrogens with zero attached hydrogens (tertiary/aromatic N) is 1. The van der Waals surface area contributed by atoms with Crippen LogP contribution in [0.25, 0.3) is 0 Å². The molecule has 0 saturated heterocycles. The molecular formula is C15H14ClN5O4. The summed E-state index contributed by atoms with van der Waals surface area (Å²) in [5.41, 5.74) is 3.49. The second kappa shape index (κ2) is 7.55. The van der Waals surface area contributed by atoms with Crippen LogP contribution in [-0.4, -0.2) is 28.5 Å². The van der Waals surface area contributed by atoms with Crippen LogP contribution in [0.5, 0.6) is 5.75 Å². The predicted octanol–water partition coefficient (Wildman–Crippen LogP) is 0.368. The lowest BCUT2D eigenvalue weighted by atomic mass is 10.2. The molecule has 0 unspecified atom stereocenters. The third kappa shape index (κ3) is 4.39. The standard InChI is InChI=1S/C15H14ClN5O4/c1-7(6-25-10-3-2-8(5-17)4-9(10)16)19-14(23)12-11(18)13(22)21-15(24)20-12/h2-4,7H,6,18H2,1H3,(H,19,23)(H2,20,21,22,24)/t7-/m1/s1. The molecule has 10 heteroatoms. The molecule has 2 aromatic rings. The van der Waals surface area contributed by atoms with Crippen LogP contribution in [0.4, 0.5) is 5.69 Å². The molecule has 5 N–H and O–H groups in total. The van der Waals surface area contributed by atoms with Gasteiger partial charge in [0.05, 0.1) is 22.7 Å². The van der Waals surface area contributed by atoms with E-state index in [1.54, 1.807) is 19.1 Å². The van der Waals surface area contributed by atoms with Gasteiger partial charge in [-0.1, -0.05) is 11.6 Å². The van der Waals surface area contributed by atoms with Crippen molar-refractivity contribution in [2.75, 3.05) is 12.3 Å². The van der Waals surface area contributed by atoms with Crippen LogP contribution >= 0.6 is 11.6 Å². The lowest BCUT2D eigenvalue weighted by Crippen LogP contribution is -2.40. The summed E-state index contributed by atoms with van der Waals surface area (Å²) in [6.45, 7) is 1.71. The van der Waals surface area contributed by atoms with Crippen LogP contribution in [0.1, 0.15) is 23.0 Å². The van der Waals surface area contributed by atoms with Gasteiger partial charge in [-0.3, -0.25) is 14.6 Å². The number of aromatic nitrogens is 2. The molecule has 1 heterocycles. The van der Waals surface area contributed by atoms with E-state index in [1.165, 1.54) is 6.07 Å². The number of hydrogen-bond donors (Lipinski definition) is 4. The van der Waals surface area contributed by atoms with Gasteiger partial charge in [-0.25, -0.2) is 4.79 Å². The average Bonchev–Trinajstić information content (AvgIpc) is 2.56. The summed E-state index contributed by atoms with van der Waals surface area (Å²) in [5.74, 6) is -0.367. The number of rotatable bonds is 5. The zero-order chi connectivity index (χ0) is 18.6. The van der Waals surface area contributed by atoms with Crippen molar-refractivity contribution in [3.05, 3.63) is 55.3 Å². The maximum absolute atomic E-state index is 12.1. The zero-order valence-electron chi connectivity index (χ0n) is 13.1. The first-order valence-corrected chi connectivity index (χ1v) is 7.45. The predicted molar refractivity (Wildman–Crippen MR) is 90.7 cm³/mol. The fraction of sp³-hybridized carbons (Fsp3) is 0.200. The summed E-state index contributed by atoms with van der Waals surface area (Å²) in [6.07, 6.45) is 0. The quantitative estimate of drug-likeness (QED) is 0.601. The number of anilines is 1. The van der Waals surface area contributed by atoms with Crippen molar-refractivity contribution in [2.45, 2.75) is 13.0 Å². The summed E-state index contributed by atoms with van der Waals surface area (Å²) in [4.78, 5) is 38.9. The van der Waals surface area contributed by atoms with Crippen molar-refractivity contribution in [3.63, 3.8) is 0 Å². The number of H-pyrrole nitrogens is 2. The van der Waals surface area contributed by atoms with Crippen LogP contribution in [0, 0.1) is 11.3 Å². The second-order valence-electron chi connectivity index (χ2n) is 5.14. The van der Waals surface area contributed by atoms with Crippen molar-refractivity contribution in [3.8, 4) is 11.8 Å². The van der Waals surface area contributed by atoms with Gasteiger partial charge in [-0.15, -0.1) is 0 Å². The topological polar surface area (TPSA) is 154 Å². The molecule has 1 amide bonds. The van der Waals surface area contributed by atoms with E-state index >= 15 is 0 Å². The Kier molecular flexibility index (Phi) is 5.46. The molecule has 9 nitrogen and oxygen atoms in total. The van der Waals surface area contributed by atoms with Gasteiger partial charge in [-0.05, 0) is 25.1 Å². The Hall–Kier alpha value is -3.25. The normalized spacial score (nSPS) is 11.4. The van der Waals surface area contributed by atoms with E-state index in [0.717, 1.165) is 0 Å². The number of benzene rings is 1. The maximum atomic E-state index is 12.1. The largest absolute Gasteiger partial charge is 0.490 e. The van der Waals surface area contributed by atoms with Gasteiger partial charge < -0.3 is 20.8 Å². The van der Waals surface area contributed by atoms with Gasteiger partial charge in [0, 0.05) is 0 Å². The summed E-state index contributed by atoms with van der Waals surface area (Å²) >= 11 is 5.99. The molecule has 0 radical (unpaired) electrons. The van der Waals surface area contributed by atoms with Crippen molar-refractivity contribution >= 4 is 23.2 Å². The summed E-state index contributed by atoms with van der Waals surface area (Å²) in [7, 11) is 0. The Balaban J connectivity index is 2.02.